The molecule has 11 heteroatoms. The van der Waals surface area contributed by atoms with Gasteiger partial charge in [-0.3, -0.25) is 4.72 Å². The average Bonchev–Trinajstić information content (AvgIpc) is 3.05. The van der Waals surface area contributed by atoms with E-state index < -0.39 is 39.5 Å². The zero-order chi connectivity index (χ0) is 32.0. The third-order valence-electron chi connectivity index (χ3n) is 6.68. The standard InChI is InChI=1S/C34H26F3NO6S/c1-42-26-17-19-27(20-18-26)45(40,41)38-29-22-25(34(35,36)37)16-21-31(29)43-30-15-9-8-14-28(30)33(39)44-32(23-10-4-2-5-11-23)24-12-6-3-7-13-24/h2-22,32,38H,1H3. The number of alkyl halides is 3. The van der Waals surface area contributed by atoms with Crippen LogP contribution in [0.4, 0.5) is 18.9 Å². The second-order valence-corrected chi connectivity index (χ2v) is 11.4. The minimum atomic E-state index is -4.77. The van der Waals surface area contributed by atoms with E-state index in [-0.39, 0.29) is 22.0 Å². The zero-order valence-electron chi connectivity index (χ0n) is 23.7. The Morgan fingerprint density at radius 3 is 1.89 bits per heavy atom. The number of para-hydroxylation sites is 1. The summed E-state index contributed by atoms with van der Waals surface area (Å²) in [5.74, 6) is -0.715. The molecule has 0 atom stereocenters. The normalized spacial score (nSPS) is 11.6. The first-order valence-corrected chi connectivity index (χ1v) is 15.0. The number of benzene rings is 5. The van der Waals surface area contributed by atoms with Gasteiger partial charge in [0, 0.05) is 0 Å². The maximum absolute atomic E-state index is 13.6. The number of anilines is 1. The van der Waals surface area contributed by atoms with E-state index in [0.717, 1.165) is 12.1 Å². The summed E-state index contributed by atoms with van der Waals surface area (Å²) < 4.78 is 86.4. The van der Waals surface area contributed by atoms with Crippen LogP contribution in [0, 0.1) is 0 Å². The van der Waals surface area contributed by atoms with E-state index in [0.29, 0.717) is 22.9 Å². The van der Waals surface area contributed by atoms with Crippen molar-refractivity contribution in [1.29, 1.82) is 0 Å². The average molecular weight is 634 g/mol. The van der Waals surface area contributed by atoms with E-state index in [1.54, 1.807) is 12.1 Å². The summed E-state index contributed by atoms with van der Waals surface area (Å²) in [6, 6.07) is 31.8. The Balaban J connectivity index is 1.49. The van der Waals surface area contributed by atoms with Crippen LogP contribution in [-0.4, -0.2) is 21.5 Å². The number of methoxy groups -OCH3 is 1. The first-order chi connectivity index (χ1) is 21.5. The van der Waals surface area contributed by atoms with E-state index in [2.05, 4.69) is 4.72 Å². The molecule has 0 aliphatic heterocycles. The van der Waals surface area contributed by atoms with Gasteiger partial charge in [0.2, 0.25) is 0 Å². The molecule has 0 aliphatic rings. The SMILES string of the molecule is COc1ccc(S(=O)(=O)Nc2cc(C(F)(F)F)ccc2Oc2ccccc2C(=O)OC(c2ccccc2)c2ccccc2)cc1. The molecule has 5 aromatic rings. The Morgan fingerprint density at radius 1 is 0.733 bits per heavy atom. The van der Waals surface area contributed by atoms with E-state index >= 15 is 0 Å². The second kappa shape index (κ2) is 13.1. The molecule has 5 rings (SSSR count). The lowest BCUT2D eigenvalue weighted by Gasteiger charge is -2.20. The molecule has 0 spiro atoms. The molecule has 1 N–H and O–H groups in total. The van der Waals surface area contributed by atoms with Crippen LogP contribution in [0.3, 0.4) is 0 Å². The Labute approximate surface area is 257 Å². The fourth-order valence-corrected chi connectivity index (χ4v) is 5.49. The predicted octanol–water partition coefficient (Wildman–Crippen LogP) is 8.25. The van der Waals surface area contributed by atoms with E-state index in [4.69, 9.17) is 14.2 Å². The highest BCUT2D eigenvalue weighted by molar-refractivity contribution is 7.92. The van der Waals surface area contributed by atoms with Crippen molar-refractivity contribution in [2.75, 3.05) is 11.8 Å². The molecule has 0 aromatic heterocycles. The van der Waals surface area contributed by atoms with Gasteiger partial charge in [0.05, 0.1) is 23.3 Å². The lowest BCUT2D eigenvalue weighted by molar-refractivity contribution is -0.137. The molecule has 0 saturated carbocycles. The summed E-state index contributed by atoms with van der Waals surface area (Å²) in [5.41, 5.74) is -0.196. The van der Waals surface area contributed by atoms with E-state index in [9.17, 15) is 26.4 Å². The largest absolute Gasteiger partial charge is 0.497 e. The number of esters is 1. The fourth-order valence-electron chi connectivity index (χ4n) is 4.43. The number of carbonyl (C=O) groups is 1. The van der Waals surface area contributed by atoms with Crippen molar-refractivity contribution in [2.24, 2.45) is 0 Å². The molecule has 0 radical (unpaired) electrons. The Morgan fingerprint density at radius 2 is 1.31 bits per heavy atom. The summed E-state index contributed by atoms with van der Waals surface area (Å²) in [7, 11) is -2.96. The van der Waals surface area contributed by atoms with Crippen LogP contribution in [-0.2, 0) is 20.9 Å². The lowest BCUT2D eigenvalue weighted by Crippen LogP contribution is -2.15. The maximum Gasteiger partial charge on any atom is 0.416 e. The van der Waals surface area contributed by atoms with E-state index in [1.807, 2.05) is 60.7 Å². The van der Waals surface area contributed by atoms with Crippen LogP contribution in [0.5, 0.6) is 17.2 Å². The number of halogens is 3. The van der Waals surface area contributed by atoms with Gasteiger partial charge in [-0.25, -0.2) is 13.2 Å². The number of carbonyl (C=O) groups excluding carboxylic acids is 1. The number of hydrogen-bond acceptors (Lipinski definition) is 6. The molecular formula is C34H26F3NO6S. The molecule has 0 saturated heterocycles. The van der Waals surface area contributed by atoms with Crippen molar-refractivity contribution in [3.8, 4) is 17.2 Å². The van der Waals surface area contributed by atoms with Crippen LogP contribution in [0.1, 0.15) is 33.2 Å². The topological polar surface area (TPSA) is 90.9 Å². The predicted molar refractivity (Wildman–Crippen MR) is 162 cm³/mol. The highest BCUT2D eigenvalue weighted by Gasteiger charge is 2.32. The Kier molecular flexibility index (Phi) is 9.10. The number of rotatable bonds is 10. The van der Waals surface area contributed by atoms with Gasteiger partial charge in [0.25, 0.3) is 10.0 Å². The molecule has 0 heterocycles. The summed E-state index contributed by atoms with van der Waals surface area (Å²) in [6.45, 7) is 0. The molecule has 0 aliphatic carbocycles. The minimum absolute atomic E-state index is 0.0294. The highest BCUT2D eigenvalue weighted by Crippen LogP contribution is 2.39. The van der Waals surface area contributed by atoms with Crippen molar-refractivity contribution < 1.29 is 40.6 Å². The molecule has 0 amide bonds. The van der Waals surface area contributed by atoms with Gasteiger partial charge < -0.3 is 14.2 Å². The number of sulfonamides is 1. The molecule has 230 valence electrons. The quantitative estimate of drug-likeness (QED) is 0.156. The van der Waals surface area contributed by atoms with Crippen LogP contribution >= 0.6 is 0 Å². The van der Waals surface area contributed by atoms with Crippen molar-refractivity contribution in [3.63, 3.8) is 0 Å². The van der Waals surface area contributed by atoms with Crippen molar-refractivity contribution in [1.82, 2.24) is 0 Å². The Bertz CT molecular complexity index is 1840. The first-order valence-electron chi connectivity index (χ1n) is 13.5. The second-order valence-electron chi connectivity index (χ2n) is 9.69. The molecule has 7 nitrogen and oxygen atoms in total. The minimum Gasteiger partial charge on any atom is -0.497 e. The van der Waals surface area contributed by atoms with Crippen molar-refractivity contribution >= 4 is 21.7 Å². The van der Waals surface area contributed by atoms with Gasteiger partial charge in [0.15, 0.2) is 11.9 Å². The van der Waals surface area contributed by atoms with Gasteiger partial charge in [0.1, 0.15) is 17.1 Å². The fraction of sp³-hybridized carbons (Fsp3) is 0.0882. The monoisotopic (exact) mass is 633 g/mol. The van der Waals surface area contributed by atoms with E-state index in [1.165, 1.54) is 43.5 Å². The number of hydrogen-bond donors (Lipinski definition) is 1. The van der Waals surface area contributed by atoms with Crippen LogP contribution in [0.2, 0.25) is 0 Å². The van der Waals surface area contributed by atoms with Crippen LogP contribution < -0.4 is 14.2 Å². The first kappa shape index (κ1) is 31.1. The van der Waals surface area contributed by atoms with Crippen LogP contribution in [0.15, 0.2) is 132 Å². The summed E-state index contributed by atoms with van der Waals surface area (Å²) in [4.78, 5) is 13.4. The maximum atomic E-state index is 13.6. The molecule has 0 unspecified atom stereocenters. The molecular weight excluding hydrogens is 607 g/mol. The molecule has 45 heavy (non-hydrogen) atoms. The smallest absolute Gasteiger partial charge is 0.416 e. The zero-order valence-corrected chi connectivity index (χ0v) is 24.5. The van der Waals surface area contributed by atoms with Crippen LogP contribution in [0.25, 0.3) is 0 Å². The van der Waals surface area contributed by atoms with Gasteiger partial charge in [-0.05, 0) is 65.7 Å². The number of nitrogens with one attached hydrogen (secondary N) is 1. The highest BCUT2D eigenvalue weighted by atomic mass is 32.2. The van der Waals surface area contributed by atoms with Crippen molar-refractivity contribution in [2.45, 2.75) is 17.2 Å². The lowest BCUT2D eigenvalue weighted by atomic mass is 10.0. The third-order valence-corrected chi connectivity index (χ3v) is 8.06. The van der Waals surface area contributed by atoms with Gasteiger partial charge >= 0.3 is 12.1 Å². The van der Waals surface area contributed by atoms with Gasteiger partial charge in [-0.1, -0.05) is 72.8 Å². The number of ether oxygens (including phenoxy) is 3. The van der Waals surface area contributed by atoms with Gasteiger partial charge in [-0.2, -0.15) is 13.2 Å². The summed E-state index contributed by atoms with van der Waals surface area (Å²) in [6.07, 6.45) is -5.55. The molecule has 0 bridgehead atoms. The Hall–Kier alpha value is -5.29. The molecule has 0 fully saturated rings. The van der Waals surface area contributed by atoms with Gasteiger partial charge in [-0.15, -0.1) is 0 Å². The summed E-state index contributed by atoms with van der Waals surface area (Å²) in [5, 5.41) is 0. The summed E-state index contributed by atoms with van der Waals surface area (Å²) >= 11 is 0. The third kappa shape index (κ3) is 7.44. The van der Waals surface area contributed by atoms with Crippen molar-refractivity contribution in [3.05, 3.63) is 150 Å². The molecule has 5 aromatic carbocycles.